The number of pyridine rings is 1. The second kappa shape index (κ2) is 6.49. The van der Waals surface area contributed by atoms with Crippen molar-refractivity contribution in [1.82, 2.24) is 4.57 Å². The fourth-order valence-corrected chi connectivity index (χ4v) is 2.93. The van der Waals surface area contributed by atoms with Crippen molar-refractivity contribution in [3.8, 4) is 11.3 Å². The zero-order chi connectivity index (χ0) is 16.4. The van der Waals surface area contributed by atoms with Crippen LogP contribution in [0.1, 0.15) is 36.1 Å². The number of aryl methyl sites for hydroxylation is 3. The number of nitrogens with zero attached hydrogens (tertiary/aromatic N) is 1. The topological polar surface area (TPSA) is 48.0 Å². The van der Waals surface area contributed by atoms with Crippen LogP contribution in [0, 0.1) is 26.7 Å². The molecule has 0 amide bonds. The van der Waals surface area contributed by atoms with E-state index >= 15 is 0 Å². The zero-order valence-electron chi connectivity index (χ0n) is 14.2. The lowest BCUT2D eigenvalue weighted by Crippen LogP contribution is -2.29. The molecule has 0 aliphatic heterocycles. The minimum absolute atomic E-state index is 0.0474. The summed E-state index contributed by atoms with van der Waals surface area (Å²) in [5.74, 6) is 0.399. The van der Waals surface area contributed by atoms with E-state index in [0.29, 0.717) is 18.0 Å². The summed E-state index contributed by atoms with van der Waals surface area (Å²) in [4.78, 5) is 12.8. The van der Waals surface area contributed by atoms with Gasteiger partial charge in [0.15, 0.2) is 0 Å². The molecule has 0 fully saturated rings. The molecule has 0 atom stereocenters. The Morgan fingerprint density at radius 1 is 1.09 bits per heavy atom. The molecule has 0 spiro atoms. The van der Waals surface area contributed by atoms with Gasteiger partial charge in [-0.2, -0.15) is 0 Å². The van der Waals surface area contributed by atoms with Gasteiger partial charge < -0.3 is 10.3 Å². The quantitative estimate of drug-likeness (QED) is 0.938. The van der Waals surface area contributed by atoms with Gasteiger partial charge in [-0.05, 0) is 43.9 Å². The Kier molecular flexibility index (Phi) is 4.87. The number of rotatable bonds is 4. The minimum Gasteiger partial charge on any atom is -0.326 e. The highest BCUT2D eigenvalue weighted by Gasteiger charge is 2.15. The highest BCUT2D eigenvalue weighted by Crippen LogP contribution is 2.25. The van der Waals surface area contributed by atoms with Gasteiger partial charge in [0.2, 0.25) is 0 Å². The molecule has 0 saturated heterocycles. The molecule has 2 aromatic rings. The molecule has 3 nitrogen and oxygen atoms in total. The van der Waals surface area contributed by atoms with E-state index in [2.05, 4.69) is 52.0 Å². The maximum atomic E-state index is 12.8. The van der Waals surface area contributed by atoms with Crippen LogP contribution in [0.25, 0.3) is 11.3 Å². The van der Waals surface area contributed by atoms with Crippen molar-refractivity contribution < 1.29 is 0 Å². The molecular formula is C19H26N2O. The predicted molar refractivity (Wildman–Crippen MR) is 93.1 cm³/mol. The highest BCUT2D eigenvalue weighted by molar-refractivity contribution is 5.65. The normalized spacial score (nSPS) is 11.2. The van der Waals surface area contributed by atoms with Crippen LogP contribution in [-0.2, 0) is 13.1 Å². The van der Waals surface area contributed by atoms with E-state index in [4.69, 9.17) is 5.73 Å². The molecule has 2 rings (SSSR count). The third-order valence-corrected chi connectivity index (χ3v) is 4.03. The van der Waals surface area contributed by atoms with Crippen LogP contribution >= 0.6 is 0 Å². The molecule has 0 saturated carbocycles. The van der Waals surface area contributed by atoms with E-state index < -0.39 is 0 Å². The molecule has 0 radical (unpaired) electrons. The van der Waals surface area contributed by atoms with E-state index in [1.54, 1.807) is 0 Å². The molecule has 22 heavy (non-hydrogen) atoms. The first-order valence-electron chi connectivity index (χ1n) is 7.86. The molecule has 2 N–H and O–H groups in total. The summed E-state index contributed by atoms with van der Waals surface area (Å²) >= 11 is 0. The van der Waals surface area contributed by atoms with Crippen molar-refractivity contribution in [2.75, 3.05) is 0 Å². The summed E-state index contributed by atoms with van der Waals surface area (Å²) in [6.07, 6.45) is 0. The van der Waals surface area contributed by atoms with Crippen LogP contribution in [0.5, 0.6) is 0 Å². The Hall–Kier alpha value is -1.87. The third-order valence-electron chi connectivity index (χ3n) is 4.03. The van der Waals surface area contributed by atoms with Gasteiger partial charge in [-0.1, -0.05) is 37.6 Å². The summed E-state index contributed by atoms with van der Waals surface area (Å²) in [6.45, 7) is 11.4. The lowest BCUT2D eigenvalue weighted by molar-refractivity contribution is 0.512. The first kappa shape index (κ1) is 16.5. The molecular weight excluding hydrogens is 272 g/mol. The summed E-state index contributed by atoms with van der Waals surface area (Å²) < 4.78 is 1.89. The van der Waals surface area contributed by atoms with E-state index in [0.717, 1.165) is 16.8 Å². The first-order valence-corrected chi connectivity index (χ1v) is 7.86. The molecule has 0 aliphatic carbocycles. The van der Waals surface area contributed by atoms with Crippen molar-refractivity contribution in [3.05, 3.63) is 56.9 Å². The average Bonchev–Trinajstić information content (AvgIpc) is 2.42. The third kappa shape index (κ3) is 3.14. The van der Waals surface area contributed by atoms with Crippen molar-refractivity contribution in [2.45, 2.75) is 47.7 Å². The van der Waals surface area contributed by atoms with Gasteiger partial charge in [0.25, 0.3) is 5.56 Å². The number of hydrogen-bond acceptors (Lipinski definition) is 2. The molecule has 1 aromatic carbocycles. The monoisotopic (exact) mass is 298 g/mol. The Bertz CT molecular complexity index is 742. The molecule has 0 aliphatic rings. The molecule has 1 heterocycles. The first-order chi connectivity index (χ1) is 10.3. The lowest BCUT2D eigenvalue weighted by atomic mass is 9.99. The van der Waals surface area contributed by atoms with Gasteiger partial charge in [0.05, 0.1) is 5.69 Å². The van der Waals surface area contributed by atoms with E-state index in [-0.39, 0.29) is 12.1 Å². The number of aromatic nitrogens is 1. The number of hydrogen-bond donors (Lipinski definition) is 1. The fourth-order valence-electron chi connectivity index (χ4n) is 2.93. The summed E-state index contributed by atoms with van der Waals surface area (Å²) in [7, 11) is 0. The second-order valence-electron chi connectivity index (χ2n) is 6.52. The van der Waals surface area contributed by atoms with Crippen molar-refractivity contribution in [2.24, 2.45) is 11.7 Å². The average molecular weight is 298 g/mol. The molecule has 3 heteroatoms. The Labute approximate surface area is 132 Å². The smallest absolute Gasteiger partial charge is 0.255 e. The summed E-state index contributed by atoms with van der Waals surface area (Å²) in [5, 5.41) is 0. The van der Waals surface area contributed by atoms with Gasteiger partial charge in [-0.15, -0.1) is 0 Å². The summed E-state index contributed by atoms with van der Waals surface area (Å²) in [5.41, 5.74) is 12.0. The van der Waals surface area contributed by atoms with Crippen molar-refractivity contribution >= 4 is 0 Å². The number of nitrogens with two attached hydrogens (primary N) is 1. The van der Waals surface area contributed by atoms with Gasteiger partial charge in [0, 0.05) is 24.2 Å². The van der Waals surface area contributed by atoms with Crippen molar-refractivity contribution in [3.63, 3.8) is 0 Å². The highest BCUT2D eigenvalue weighted by atomic mass is 16.1. The summed E-state index contributed by atoms with van der Waals surface area (Å²) in [6, 6.07) is 8.46. The Morgan fingerprint density at radius 3 is 2.32 bits per heavy atom. The zero-order valence-corrected chi connectivity index (χ0v) is 14.2. The Morgan fingerprint density at radius 2 is 1.77 bits per heavy atom. The Balaban J connectivity index is 2.76. The number of benzene rings is 1. The van der Waals surface area contributed by atoms with Gasteiger partial charge in [0.1, 0.15) is 0 Å². The molecule has 0 unspecified atom stereocenters. The SMILES string of the molecule is Cc1ccc(-c2cc(C)c(CN)c(=O)n2CC(C)C)c(C)c1. The van der Waals surface area contributed by atoms with Gasteiger partial charge >= 0.3 is 0 Å². The molecule has 1 aromatic heterocycles. The van der Waals surface area contributed by atoms with E-state index in [9.17, 15) is 4.79 Å². The minimum atomic E-state index is 0.0474. The van der Waals surface area contributed by atoms with Crippen LogP contribution in [0.3, 0.4) is 0 Å². The van der Waals surface area contributed by atoms with Crippen LogP contribution < -0.4 is 11.3 Å². The maximum absolute atomic E-state index is 12.8. The lowest BCUT2D eigenvalue weighted by Gasteiger charge is -2.19. The van der Waals surface area contributed by atoms with Gasteiger partial charge in [-0.3, -0.25) is 4.79 Å². The van der Waals surface area contributed by atoms with E-state index in [1.807, 2.05) is 11.5 Å². The van der Waals surface area contributed by atoms with Crippen LogP contribution in [0.15, 0.2) is 29.1 Å². The van der Waals surface area contributed by atoms with Crippen LogP contribution in [0.4, 0.5) is 0 Å². The van der Waals surface area contributed by atoms with Crippen LogP contribution in [-0.4, -0.2) is 4.57 Å². The van der Waals surface area contributed by atoms with Crippen LogP contribution in [0.2, 0.25) is 0 Å². The van der Waals surface area contributed by atoms with E-state index in [1.165, 1.54) is 11.1 Å². The molecule has 0 bridgehead atoms. The largest absolute Gasteiger partial charge is 0.326 e. The second-order valence-corrected chi connectivity index (χ2v) is 6.52. The van der Waals surface area contributed by atoms with Gasteiger partial charge in [-0.25, -0.2) is 0 Å². The van der Waals surface area contributed by atoms with Crippen molar-refractivity contribution in [1.29, 1.82) is 0 Å². The standard InChI is InChI=1S/C19H26N2O/c1-12(2)11-21-18(9-15(5)17(10-20)19(21)22)16-7-6-13(3)8-14(16)4/h6-9,12H,10-11,20H2,1-5H3. The molecule has 118 valence electrons. The predicted octanol–water partition coefficient (Wildman–Crippen LogP) is 3.56. The fraction of sp³-hybridized carbons (Fsp3) is 0.421. The maximum Gasteiger partial charge on any atom is 0.255 e.